The van der Waals surface area contributed by atoms with Crippen LogP contribution in [0.2, 0.25) is 0 Å². The first kappa shape index (κ1) is 25.8. The predicted molar refractivity (Wildman–Crippen MR) is 135 cm³/mol. The molecule has 35 heavy (non-hydrogen) atoms. The molecule has 1 aromatic heterocycles. The van der Waals surface area contributed by atoms with Gasteiger partial charge in [0, 0.05) is 23.4 Å². The SMILES string of the molecule is CCOC(=O)c1sc(-c2ccc(OC)c(OC)c2)cc1NC(=O)CCCNC(=O)c1ccccc1. The number of carbonyl (C=O) groups excluding carboxylic acids is 3. The molecule has 0 fully saturated rings. The van der Waals surface area contributed by atoms with Gasteiger partial charge in [0.2, 0.25) is 5.91 Å². The van der Waals surface area contributed by atoms with Crippen molar-refractivity contribution >= 4 is 34.8 Å². The molecule has 0 atom stereocenters. The van der Waals surface area contributed by atoms with E-state index in [4.69, 9.17) is 14.2 Å². The Morgan fingerprint density at radius 2 is 1.69 bits per heavy atom. The molecular weight excluding hydrogens is 468 g/mol. The van der Waals surface area contributed by atoms with Gasteiger partial charge < -0.3 is 24.8 Å². The molecule has 1 heterocycles. The predicted octanol–water partition coefficient (Wildman–Crippen LogP) is 4.76. The summed E-state index contributed by atoms with van der Waals surface area (Å²) in [6.07, 6.45) is 0.630. The lowest BCUT2D eigenvalue weighted by Gasteiger charge is -2.08. The van der Waals surface area contributed by atoms with Crippen LogP contribution in [0.15, 0.2) is 54.6 Å². The zero-order valence-corrected chi connectivity index (χ0v) is 20.7. The molecule has 2 aromatic carbocycles. The first-order chi connectivity index (χ1) is 17.0. The second-order valence-electron chi connectivity index (χ2n) is 7.42. The number of esters is 1. The van der Waals surface area contributed by atoms with E-state index >= 15 is 0 Å². The zero-order valence-electron chi connectivity index (χ0n) is 19.9. The number of thiophene rings is 1. The number of methoxy groups -OCH3 is 2. The summed E-state index contributed by atoms with van der Waals surface area (Å²) >= 11 is 1.22. The zero-order chi connectivity index (χ0) is 25.2. The van der Waals surface area contributed by atoms with Crippen LogP contribution >= 0.6 is 11.3 Å². The van der Waals surface area contributed by atoms with Crippen molar-refractivity contribution in [3.05, 3.63) is 65.0 Å². The number of hydrogen-bond donors (Lipinski definition) is 2. The van der Waals surface area contributed by atoms with Gasteiger partial charge in [0.1, 0.15) is 4.88 Å². The summed E-state index contributed by atoms with van der Waals surface area (Å²) in [7, 11) is 3.11. The normalized spacial score (nSPS) is 10.4. The van der Waals surface area contributed by atoms with Gasteiger partial charge in [0.05, 0.1) is 26.5 Å². The van der Waals surface area contributed by atoms with Crippen molar-refractivity contribution in [1.82, 2.24) is 5.32 Å². The summed E-state index contributed by atoms with van der Waals surface area (Å²) in [4.78, 5) is 38.3. The Kier molecular flexibility index (Phi) is 9.25. The van der Waals surface area contributed by atoms with Crippen LogP contribution in [0.1, 0.15) is 39.8 Å². The Hall–Kier alpha value is -3.85. The van der Waals surface area contributed by atoms with Gasteiger partial charge in [-0.25, -0.2) is 4.79 Å². The van der Waals surface area contributed by atoms with E-state index in [2.05, 4.69) is 10.6 Å². The lowest BCUT2D eigenvalue weighted by Crippen LogP contribution is -2.25. The van der Waals surface area contributed by atoms with Gasteiger partial charge in [-0.3, -0.25) is 9.59 Å². The molecule has 184 valence electrons. The minimum Gasteiger partial charge on any atom is -0.493 e. The molecule has 0 aliphatic heterocycles. The Morgan fingerprint density at radius 3 is 2.37 bits per heavy atom. The molecule has 2 N–H and O–H groups in total. The van der Waals surface area contributed by atoms with Crippen LogP contribution in [0.5, 0.6) is 11.5 Å². The van der Waals surface area contributed by atoms with E-state index in [1.54, 1.807) is 63.6 Å². The number of rotatable bonds is 11. The molecule has 0 bridgehead atoms. The lowest BCUT2D eigenvalue weighted by atomic mass is 10.1. The second kappa shape index (κ2) is 12.6. The monoisotopic (exact) mass is 496 g/mol. The fourth-order valence-corrected chi connectivity index (χ4v) is 4.32. The van der Waals surface area contributed by atoms with Crippen molar-refractivity contribution in [1.29, 1.82) is 0 Å². The highest BCUT2D eigenvalue weighted by atomic mass is 32.1. The summed E-state index contributed by atoms with van der Waals surface area (Å²) < 4.78 is 15.8. The van der Waals surface area contributed by atoms with Crippen molar-refractivity contribution in [2.75, 3.05) is 32.7 Å². The van der Waals surface area contributed by atoms with E-state index in [0.29, 0.717) is 40.6 Å². The molecule has 0 spiro atoms. The highest BCUT2D eigenvalue weighted by molar-refractivity contribution is 7.18. The molecule has 9 heteroatoms. The molecule has 2 amide bonds. The van der Waals surface area contributed by atoms with Crippen molar-refractivity contribution in [3.8, 4) is 21.9 Å². The number of nitrogens with one attached hydrogen (secondary N) is 2. The number of anilines is 1. The van der Waals surface area contributed by atoms with Crippen LogP contribution in [0.25, 0.3) is 10.4 Å². The second-order valence-corrected chi connectivity index (χ2v) is 8.47. The molecular formula is C26H28N2O6S. The fourth-order valence-electron chi connectivity index (χ4n) is 3.32. The maximum atomic E-state index is 12.6. The maximum absolute atomic E-state index is 12.6. The van der Waals surface area contributed by atoms with E-state index < -0.39 is 5.97 Å². The Labute approximate surface area is 208 Å². The summed E-state index contributed by atoms with van der Waals surface area (Å²) in [5.41, 5.74) is 1.76. The molecule has 0 aliphatic rings. The third-order valence-corrected chi connectivity index (χ3v) is 6.20. The highest BCUT2D eigenvalue weighted by Crippen LogP contribution is 2.39. The topological polar surface area (TPSA) is 103 Å². The van der Waals surface area contributed by atoms with E-state index in [9.17, 15) is 14.4 Å². The number of hydrogen-bond acceptors (Lipinski definition) is 7. The number of amides is 2. The average molecular weight is 497 g/mol. The van der Waals surface area contributed by atoms with Crippen LogP contribution < -0.4 is 20.1 Å². The van der Waals surface area contributed by atoms with E-state index in [0.717, 1.165) is 10.4 Å². The molecule has 0 saturated heterocycles. The Morgan fingerprint density at radius 1 is 0.943 bits per heavy atom. The quantitative estimate of drug-likeness (QED) is 0.293. The standard InChI is InChI=1S/C26H28N2O6S/c1-4-34-26(31)24-19(16-22(35-24)18-12-13-20(32-2)21(15-18)33-3)28-23(29)11-8-14-27-25(30)17-9-6-5-7-10-17/h5-7,9-10,12-13,15-16H,4,8,11,14H2,1-3H3,(H,27,30)(H,28,29). The van der Waals surface area contributed by atoms with Gasteiger partial charge in [0.15, 0.2) is 11.5 Å². The molecule has 0 unspecified atom stereocenters. The number of ether oxygens (including phenoxy) is 3. The summed E-state index contributed by atoms with van der Waals surface area (Å²) in [6.45, 7) is 2.30. The van der Waals surface area contributed by atoms with E-state index in [1.807, 2.05) is 12.1 Å². The summed E-state index contributed by atoms with van der Waals surface area (Å²) in [6, 6.07) is 16.1. The largest absolute Gasteiger partial charge is 0.493 e. The van der Waals surface area contributed by atoms with E-state index in [1.165, 1.54) is 11.3 Å². The van der Waals surface area contributed by atoms with Gasteiger partial charge in [-0.05, 0) is 55.3 Å². The highest BCUT2D eigenvalue weighted by Gasteiger charge is 2.20. The molecule has 3 rings (SSSR count). The third-order valence-electron chi connectivity index (χ3n) is 5.04. The molecule has 8 nitrogen and oxygen atoms in total. The molecule has 0 radical (unpaired) electrons. The minimum absolute atomic E-state index is 0.179. The van der Waals surface area contributed by atoms with Crippen LogP contribution in [-0.2, 0) is 9.53 Å². The molecule has 0 aliphatic carbocycles. The fraction of sp³-hybridized carbons (Fsp3) is 0.269. The maximum Gasteiger partial charge on any atom is 0.350 e. The van der Waals surface area contributed by atoms with Crippen molar-refractivity contribution in [2.45, 2.75) is 19.8 Å². The lowest BCUT2D eigenvalue weighted by molar-refractivity contribution is -0.116. The van der Waals surface area contributed by atoms with Crippen LogP contribution in [0.4, 0.5) is 5.69 Å². The molecule has 3 aromatic rings. The first-order valence-corrected chi connectivity index (χ1v) is 11.9. The van der Waals surface area contributed by atoms with Crippen molar-refractivity contribution in [3.63, 3.8) is 0 Å². The van der Waals surface area contributed by atoms with Crippen molar-refractivity contribution < 1.29 is 28.6 Å². The van der Waals surface area contributed by atoms with Crippen LogP contribution in [-0.4, -0.2) is 45.2 Å². The van der Waals surface area contributed by atoms with Gasteiger partial charge in [-0.15, -0.1) is 11.3 Å². The number of benzene rings is 2. The first-order valence-electron chi connectivity index (χ1n) is 11.1. The summed E-state index contributed by atoms with van der Waals surface area (Å²) in [5, 5.41) is 5.61. The smallest absolute Gasteiger partial charge is 0.350 e. The van der Waals surface area contributed by atoms with Gasteiger partial charge in [-0.2, -0.15) is 0 Å². The molecule has 0 saturated carbocycles. The van der Waals surface area contributed by atoms with Gasteiger partial charge in [0.25, 0.3) is 5.91 Å². The van der Waals surface area contributed by atoms with Gasteiger partial charge >= 0.3 is 5.97 Å². The van der Waals surface area contributed by atoms with Gasteiger partial charge in [-0.1, -0.05) is 18.2 Å². The van der Waals surface area contributed by atoms with Crippen molar-refractivity contribution in [2.24, 2.45) is 0 Å². The van der Waals surface area contributed by atoms with Crippen LogP contribution in [0.3, 0.4) is 0 Å². The summed E-state index contributed by atoms with van der Waals surface area (Å²) in [5.74, 6) is 0.189. The van der Waals surface area contributed by atoms with Crippen LogP contribution in [0, 0.1) is 0 Å². The number of carbonyl (C=O) groups is 3. The Balaban J connectivity index is 1.67. The average Bonchev–Trinajstić information content (AvgIpc) is 3.30. The Bertz CT molecular complexity index is 1180. The minimum atomic E-state index is -0.505. The third kappa shape index (κ3) is 6.83. The van der Waals surface area contributed by atoms with E-state index in [-0.39, 0.29) is 24.8 Å².